The topological polar surface area (TPSA) is 0 Å². The molecule has 0 saturated carbocycles. The van der Waals surface area contributed by atoms with Crippen molar-refractivity contribution in [2.45, 2.75) is 33.9 Å². The maximum atomic E-state index is 2.26. The van der Waals surface area contributed by atoms with Crippen LogP contribution in [0.5, 0.6) is 0 Å². The van der Waals surface area contributed by atoms with Crippen molar-refractivity contribution in [3.63, 3.8) is 0 Å². The van der Waals surface area contributed by atoms with Gasteiger partial charge in [-0.2, -0.15) is 0 Å². The van der Waals surface area contributed by atoms with Gasteiger partial charge in [-0.15, -0.1) is 0 Å². The van der Waals surface area contributed by atoms with E-state index in [1.165, 1.54) is 17.4 Å². The van der Waals surface area contributed by atoms with Gasteiger partial charge in [0.15, 0.2) is 6.71 Å². The summed E-state index contributed by atoms with van der Waals surface area (Å²) >= 11 is 0. The van der Waals surface area contributed by atoms with Crippen LogP contribution in [0.1, 0.15) is 19.4 Å². The minimum Gasteiger partial charge on any atom is -0.0819 e. The molecule has 13 heavy (non-hydrogen) atoms. The van der Waals surface area contributed by atoms with Crippen molar-refractivity contribution >= 4 is 12.2 Å². The highest BCUT2D eigenvalue weighted by Crippen LogP contribution is 2.06. The van der Waals surface area contributed by atoms with Crippen molar-refractivity contribution in [1.82, 2.24) is 0 Å². The van der Waals surface area contributed by atoms with E-state index < -0.39 is 0 Å². The van der Waals surface area contributed by atoms with Gasteiger partial charge in [-0.1, -0.05) is 57.2 Å². The molecule has 1 aromatic carbocycles. The molecule has 0 unspecified atom stereocenters. The minimum atomic E-state index is 0.646. The molecule has 0 radical (unpaired) electrons. The molecule has 70 valence electrons. The van der Waals surface area contributed by atoms with E-state index in [2.05, 4.69) is 51.8 Å². The summed E-state index contributed by atoms with van der Waals surface area (Å²) in [5.74, 6) is 0.755. The first-order valence-corrected chi connectivity index (χ1v) is 5.18. The molecule has 0 aliphatic heterocycles. The van der Waals surface area contributed by atoms with Gasteiger partial charge >= 0.3 is 0 Å². The second-order valence-corrected chi connectivity index (χ2v) is 4.49. The fraction of sp³-hybridized carbons (Fsp3) is 0.500. The molecule has 0 heterocycles. The molecule has 0 nitrogen and oxygen atoms in total. The first-order chi connectivity index (χ1) is 6.09. The Morgan fingerprint density at radius 1 is 1.08 bits per heavy atom. The largest absolute Gasteiger partial charge is 0.169 e. The van der Waals surface area contributed by atoms with Crippen LogP contribution in [-0.2, 0) is 6.42 Å². The second kappa shape index (κ2) is 4.50. The molecule has 0 atom stereocenters. The number of benzene rings is 1. The van der Waals surface area contributed by atoms with Crippen LogP contribution in [0.4, 0.5) is 0 Å². The Labute approximate surface area is 82.4 Å². The lowest BCUT2D eigenvalue weighted by molar-refractivity contribution is 0.647. The van der Waals surface area contributed by atoms with E-state index in [0.29, 0.717) is 6.71 Å². The van der Waals surface area contributed by atoms with Gasteiger partial charge in [-0.25, -0.2) is 0 Å². The van der Waals surface area contributed by atoms with Gasteiger partial charge in [0.25, 0.3) is 0 Å². The van der Waals surface area contributed by atoms with Crippen LogP contribution in [0.3, 0.4) is 0 Å². The first-order valence-electron chi connectivity index (χ1n) is 5.18. The molecule has 0 spiro atoms. The summed E-state index contributed by atoms with van der Waals surface area (Å²) in [6, 6.07) is 9.02. The highest BCUT2D eigenvalue weighted by molar-refractivity contribution is 6.70. The van der Waals surface area contributed by atoms with Crippen LogP contribution in [0.2, 0.25) is 13.6 Å². The molecule has 1 heteroatoms. The molecular weight excluding hydrogens is 155 g/mol. The van der Waals surface area contributed by atoms with Crippen molar-refractivity contribution in [3.8, 4) is 0 Å². The predicted octanol–water partition coefficient (Wildman–Crippen LogP) is 2.85. The quantitative estimate of drug-likeness (QED) is 0.618. The van der Waals surface area contributed by atoms with Crippen LogP contribution >= 0.6 is 0 Å². The second-order valence-electron chi connectivity index (χ2n) is 4.49. The summed E-state index contributed by atoms with van der Waals surface area (Å²) < 4.78 is 0. The van der Waals surface area contributed by atoms with Crippen LogP contribution in [-0.4, -0.2) is 6.71 Å². The zero-order chi connectivity index (χ0) is 9.84. The molecule has 1 aromatic rings. The summed E-state index contributed by atoms with van der Waals surface area (Å²) in [6.45, 7) is 9.63. The summed E-state index contributed by atoms with van der Waals surface area (Å²) in [5.41, 5.74) is 2.90. The highest BCUT2D eigenvalue weighted by atomic mass is 14.0. The van der Waals surface area contributed by atoms with E-state index >= 15 is 0 Å². The molecule has 0 fully saturated rings. The van der Waals surface area contributed by atoms with E-state index in [4.69, 9.17) is 0 Å². The average Bonchev–Trinajstić information content (AvgIpc) is 2.04. The number of hydrogen-bond donors (Lipinski definition) is 0. The van der Waals surface area contributed by atoms with Crippen LogP contribution < -0.4 is 5.46 Å². The summed E-state index contributed by atoms with van der Waals surface area (Å²) in [5, 5.41) is 0. The Bertz CT molecular complexity index is 246. The highest BCUT2D eigenvalue weighted by Gasteiger charge is 2.02. The summed E-state index contributed by atoms with van der Waals surface area (Å²) in [4.78, 5) is 0. The molecule has 1 rings (SSSR count). The molecule has 0 amide bonds. The first kappa shape index (κ1) is 10.4. The predicted molar refractivity (Wildman–Crippen MR) is 62.1 cm³/mol. The Hall–Kier alpha value is -0.715. The Morgan fingerprint density at radius 2 is 1.62 bits per heavy atom. The molecule has 0 aliphatic carbocycles. The van der Waals surface area contributed by atoms with Gasteiger partial charge in [0.2, 0.25) is 0 Å². The van der Waals surface area contributed by atoms with E-state index in [1.807, 2.05) is 0 Å². The van der Waals surface area contributed by atoms with Crippen molar-refractivity contribution < 1.29 is 0 Å². The van der Waals surface area contributed by atoms with E-state index in [9.17, 15) is 0 Å². The number of rotatable bonds is 3. The third kappa shape index (κ3) is 3.26. The monoisotopic (exact) mass is 174 g/mol. The van der Waals surface area contributed by atoms with Gasteiger partial charge in [0.05, 0.1) is 0 Å². The summed E-state index contributed by atoms with van der Waals surface area (Å²) in [6.07, 6.45) is 1.19. The Morgan fingerprint density at radius 3 is 2.00 bits per heavy atom. The van der Waals surface area contributed by atoms with Crippen molar-refractivity contribution in [1.29, 1.82) is 0 Å². The molecular formula is C12H19B. The zero-order valence-electron chi connectivity index (χ0n) is 9.17. The SMILES string of the molecule is CB(C)c1ccc(CC(C)C)cc1. The standard InChI is InChI=1S/C12H19B/c1-10(2)9-11-5-7-12(8-6-11)13(3)4/h5-8,10H,9H2,1-4H3. The van der Waals surface area contributed by atoms with Crippen LogP contribution in [0.25, 0.3) is 0 Å². The van der Waals surface area contributed by atoms with E-state index in [0.717, 1.165) is 5.92 Å². The van der Waals surface area contributed by atoms with Crippen molar-refractivity contribution in [2.24, 2.45) is 5.92 Å². The normalized spacial score (nSPS) is 10.5. The molecule has 0 aliphatic rings. The lowest BCUT2D eigenvalue weighted by Gasteiger charge is -2.07. The van der Waals surface area contributed by atoms with Gasteiger partial charge in [-0.3, -0.25) is 0 Å². The van der Waals surface area contributed by atoms with Gasteiger partial charge in [0, 0.05) is 0 Å². The molecule has 0 bridgehead atoms. The molecule has 0 aromatic heterocycles. The fourth-order valence-corrected chi connectivity index (χ4v) is 1.51. The fourth-order valence-electron chi connectivity index (χ4n) is 1.51. The lowest BCUT2D eigenvalue weighted by atomic mass is 9.49. The lowest BCUT2D eigenvalue weighted by Crippen LogP contribution is -2.21. The van der Waals surface area contributed by atoms with Crippen molar-refractivity contribution in [3.05, 3.63) is 29.8 Å². The van der Waals surface area contributed by atoms with Gasteiger partial charge in [-0.05, 0) is 17.9 Å². The number of hydrogen-bond acceptors (Lipinski definition) is 0. The third-order valence-corrected chi connectivity index (χ3v) is 2.29. The Balaban J connectivity index is 2.70. The summed E-state index contributed by atoms with van der Waals surface area (Å²) in [7, 11) is 0. The average molecular weight is 174 g/mol. The minimum absolute atomic E-state index is 0.646. The maximum absolute atomic E-state index is 2.26. The van der Waals surface area contributed by atoms with Crippen LogP contribution in [0, 0.1) is 5.92 Å². The maximum Gasteiger partial charge on any atom is 0.169 e. The molecule has 0 saturated heterocycles. The van der Waals surface area contributed by atoms with E-state index in [1.54, 1.807) is 0 Å². The Kier molecular flexibility index (Phi) is 3.59. The zero-order valence-corrected chi connectivity index (χ0v) is 9.17. The van der Waals surface area contributed by atoms with Crippen molar-refractivity contribution in [2.75, 3.05) is 0 Å². The smallest absolute Gasteiger partial charge is 0.0819 e. The van der Waals surface area contributed by atoms with Crippen LogP contribution in [0.15, 0.2) is 24.3 Å². The van der Waals surface area contributed by atoms with E-state index in [-0.39, 0.29) is 0 Å². The van der Waals surface area contributed by atoms with Gasteiger partial charge in [0.1, 0.15) is 0 Å². The third-order valence-electron chi connectivity index (χ3n) is 2.29. The van der Waals surface area contributed by atoms with Gasteiger partial charge < -0.3 is 0 Å². The molecule has 0 N–H and O–H groups in total.